The SMILES string of the molecule is Cc1nc2c(c(=O)[nH]1)CN(CC[C@H](O)c1ccccc1)C2. The summed E-state index contributed by atoms with van der Waals surface area (Å²) < 4.78 is 0. The number of hydrogen-bond acceptors (Lipinski definition) is 4. The molecule has 1 aliphatic heterocycles. The van der Waals surface area contributed by atoms with E-state index >= 15 is 0 Å². The fourth-order valence-corrected chi connectivity index (χ4v) is 2.76. The number of nitrogens with zero attached hydrogens (tertiary/aromatic N) is 2. The first kappa shape index (κ1) is 14.0. The van der Waals surface area contributed by atoms with Gasteiger partial charge in [0.15, 0.2) is 0 Å². The quantitative estimate of drug-likeness (QED) is 0.893. The molecule has 2 N–H and O–H groups in total. The molecule has 0 spiro atoms. The Morgan fingerprint density at radius 3 is 2.86 bits per heavy atom. The van der Waals surface area contributed by atoms with E-state index in [2.05, 4.69) is 14.9 Å². The second kappa shape index (κ2) is 5.79. The van der Waals surface area contributed by atoms with E-state index < -0.39 is 6.10 Å². The number of aliphatic hydroxyl groups is 1. The van der Waals surface area contributed by atoms with Gasteiger partial charge in [0.05, 0.1) is 17.4 Å². The van der Waals surface area contributed by atoms with Crippen LogP contribution in [0.5, 0.6) is 0 Å². The standard InChI is InChI=1S/C16H19N3O2/c1-11-17-14-10-19(9-13(14)16(21)18-11)8-7-15(20)12-5-3-2-4-6-12/h2-6,15,20H,7-10H2,1H3,(H,17,18,21)/t15-/m0/s1. The van der Waals surface area contributed by atoms with Crippen LogP contribution in [0.2, 0.25) is 0 Å². The molecule has 5 nitrogen and oxygen atoms in total. The van der Waals surface area contributed by atoms with Gasteiger partial charge in [0.2, 0.25) is 0 Å². The summed E-state index contributed by atoms with van der Waals surface area (Å²) in [7, 11) is 0. The van der Waals surface area contributed by atoms with Crippen LogP contribution >= 0.6 is 0 Å². The van der Waals surface area contributed by atoms with Gasteiger partial charge in [-0.3, -0.25) is 9.69 Å². The van der Waals surface area contributed by atoms with Gasteiger partial charge in [0.1, 0.15) is 5.82 Å². The molecule has 1 aromatic heterocycles. The molecule has 3 rings (SSSR count). The summed E-state index contributed by atoms with van der Waals surface area (Å²) in [6, 6.07) is 9.65. The van der Waals surface area contributed by atoms with Crippen molar-refractivity contribution in [2.45, 2.75) is 32.5 Å². The first-order valence-corrected chi connectivity index (χ1v) is 7.17. The van der Waals surface area contributed by atoms with Crippen molar-refractivity contribution in [3.63, 3.8) is 0 Å². The summed E-state index contributed by atoms with van der Waals surface area (Å²) in [5, 5.41) is 10.2. The number of hydrogen-bond donors (Lipinski definition) is 2. The lowest BCUT2D eigenvalue weighted by molar-refractivity contribution is 0.141. The van der Waals surface area contributed by atoms with Crippen LogP contribution in [-0.2, 0) is 13.1 Å². The van der Waals surface area contributed by atoms with E-state index in [4.69, 9.17) is 0 Å². The summed E-state index contributed by atoms with van der Waals surface area (Å²) in [6.45, 7) is 3.83. The Morgan fingerprint density at radius 2 is 2.10 bits per heavy atom. The zero-order chi connectivity index (χ0) is 14.8. The Kier molecular flexibility index (Phi) is 3.86. The Hall–Kier alpha value is -1.98. The number of rotatable bonds is 4. The fourth-order valence-electron chi connectivity index (χ4n) is 2.76. The van der Waals surface area contributed by atoms with Gasteiger partial charge in [-0.05, 0) is 18.9 Å². The fraction of sp³-hybridized carbons (Fsp3) is 0.375. The van der Waals surface area contributed by atoms with E-state index in [1.165, 1.54) is 0 Å². The minimum absolute atomic E-state index is 0.0383. The summed E-state index contributed by atoms with van der Waals surface area (Å²) >= 11 is 0. The lowest BCUT2D eigenvalue weighted by Crippen LogP contribution is -2.21. The van der Waals surface area contributed by atoms with Crippen LogP contribution in [0.15, 0.2) is 35.1 Å². The zero-order valence-corrected chi connectivity index (χ0v) is 12.0. The number of fused-ring (bicyclic) bond motifs is 1. The Balaban J connectivity index is 1.62. The zero-order valence-electron chi connectivity index (χ0n) is 12.0. The highest BCUT2D eigenvalue weighted by atomic mass is 16.3. The van der Waals surface area contributed by atoms with E-state index in [0.29, 0.717) is 25.3 Å². The largest absolute Gasteiger partial charge is 0.388 e. The highest BCUT2D eigenvalue weighted by Gasteiger charge is 2.23. The van der Waals surface area contributed by atoms with Gasteiger partial charge in [-0.1, -0.05) is 30.3 Å². The molecule has 1 aromatic carbocycles. The van der Waals surface area contributed by atoms with Crippen LogP contribution in [0.3, 0.4) is 0 Å². The molecule has 0 aliphatic carbocycles. The molecule has 2 aromatic rings. The molecule has 2 heterocycles. The minimum Gasteiger partial charge on any atom is -0.388 e. The van der Waals surface area contributed by atoms with Crippen molar-refractivity contribution in [2.75, 3.05) is 6.54 Å². The number of nitrogens with one attached hydrogen (secondary N) is 1. The highest BCUT2D eigenvalue weighted by Crippen LogP contribution is 2.21. The second-order valence-electron chi connectivity index (χ2n) is 5.50. The molecule has 21 heavy (non-hydrogen) atoms. The Bertz CT molecular complexity index is 682. The first-order valence-electron chi connectivity index (χ1n) is 7.17. The topological polar surface area (TPSA) is 69.2 Å². The smallest absolute Gasteiger partial charge is 0.255 e. The molecular formula is C16H19N3O2. The molecule has 1 aliphatic rings. The normalized spacial score (nSPS) is 15.9. The molecule has 0 fully saturated rings. The molecule has 0 unspecified atom stereocenters. The van der Waals surface area contributed by atoms with E-state index in [-0.39, 0.29) is 5.56 Å². The molecule has 5 heteroatoms. The van der Waals surface area contributed by atoms with Gasteiger partial charge < -0.3 is 10.1 Å². The maximum atomic E-state index is 11.9. The number of aliphatic hydroxyl groups excluding tert-OH is 1. The molecule has 0 saturated carbocycles. The lowest BCUT2D eigenvalue weighted by Gasteiger charge is -2.17. The van der Waals surface area contributed by atoms with Crippen molar-refractivity contribution in [3.8, 4) is 0 Å². The van der Waals surface area contributed by atoms with Gasteiger partial charge in [-0.25, -0.2) is 4.98 Å². The highest BCUT2D eigenvalue weighted by molar-refractivity contribution is 5.22. The van der Waals surface area contributed by atoms with Gasteiger partial charge >= 0.3 is 0 Å². The number of aromatic amines is 1. The van der Waals surface area contributed by atoms with Crippen molar-refractivity contribution < 1.29 is 5.11 Å². The van der Waals surface area contributed by atoms with Crippen molar-refractivity contribution in [3.05, 3.63) is 63.3 Å². The molecule has 0 saturated heterocycles. The van der Waals surface area contributed by atoms with Gasteiger partial charge in [-0.15, -0.1) is 0 Å². The summed E-state index contributed by atoms with van der Waals surface area (Å²) in [5.74, 6) is 0.657. The lowest BCUT2D eigenvalue weighted by atomic mass is 10.1. The average molecular weight is 285 g/mol. The Morgan fingerprint density at radius 1 is 1.33 bits per heavy atom. The summed E-state index contributed by atoms with van der Waals surface area (Å²) in [4.78, 5) is 21.1. The van der Waals surface area contributed by atoms with Crippen molar-refractivity contribution in [1.29, 1.82) is 0 Å². The number of aryl methyl sites for hydroxylation is 1. The van der Waals surface area contributed by atoms with Crippen LogP contribution in [0.1, 0.15) is 35.2 Å². The van der Waals surface area contributed by atoms with Gasteiger partial charge in [-0.2, -0.15) is 0 Å². The summed E-state index contributed by atoms with van der Waals surface area (Å²) in [5.41, 5.74) is 2.52. The second-order valence-corrected chi connectivity index (χ2v) is 5.50. The molecule has 0 bridgehead atoms. The van der Waals surface area contributed by atoms with E-state index in [1.54, 1.807) is 6.92 Å². The monoisotopic (exact) mass is 285 g/mol. The van der Waals surface area contributed by atoms with Crippen LogP contribution in [0, 0.1) is 6.92 Å². The van der Waals surface area contributed by atoms with Gasteiger partial charge in [0.25, 0.3) is 5.56 Å². The maximum absolute atomic E-state index is 11.9. The summed E-state index contributed by atoms with van der Waals surface area (Å²) in [6.07, 6.45) is 0.178. The van der Waals surface area contributed by atoms with Gasteiger partial charge in [0, 0.05) is 19.6 Å². The predicted octanol–water partition coefficient (Wildman–Crippen LogP) is 1.52. The average Bonchev–Trinajstić information content (AvgIpc) is 2.89. The van der Waals surface area contributed by atoms with Crippen LogP contribution in [0.25, 0.3) is 0 Å². The third-order valence-electron chi connectivity index (χ3n) is 3.88. The first-order chi connectivity index (χ1) is 10.1. The third-order valence-corrected chi connectivity index (χ3v) is 3.88. The minimum atomic E-state index is -0.470. The van der Waals surface area contributed by atoms with Crippen LogP contribution in [-0.4, -0.2) is 26.5 Å². The molecule has 0 radical (unpaired) electrons. The predicted molar refractivity (Wildman–Crippen MR) is 79.7 cm³/mol. The Labute approximate surface area is 123 Å². The van der Waals surface area contributed by atoms with Crippen molar-refractivity contribution >= 4 is 0 Å². The third kappa shape index (κ3) is 3.04. The molecule has 0 amide bonds. The van der Waals surface area contributed by atoms with E-state index in [1.807, 2.05) is 30.3 Å². The number of aromatic nitrogens is 2. The van der Waals surface area contributed by atoms with Crippen molar-refractivity contribution in [1.82, 2.24) is 14.9 Å². The van der Waals surface area contributed by atoms with E-state index in [9.17, 15) is 9.90 Å². The molecule has 1 atom stereocenters. The number of H-pyrrole nitrogens is 1. The molecule has 110 valence electrons. The van der Waals surface area contributed by atoms with Crippen molar-refractivity contribution in [2.24, 2.45) is 0 Å². The van der Waals surface area contributed by atoms with E-state index in [0.717, 1.165) is 23.4 Å². The van der Waals surface area contributed by atoms with Crippen LogP contribution in [0.4, 0.5) is 0 Å². The molecular weight excluding hydrogens is 266 g/mol. The number of benzene rings is 1. The maximum Gasteiger partial charge on any atom is 0.255 e. The van der Waals surface area contributed by atoms with Crippen LogP contribution < -0.4 is 5.56 Å².